The maximum absolute atomic E-state index is 12.5. The third-order valence-electron chi connectivity index (χ3n) is 6.63. The number of carbonyl (C=O) groups excluding carboxylic acids is 1. The number of hydrogen-bond acceptors (Lipinski definition) is 5. The van der Waals surface area contributed by atoms with Gasteiger partial charge in [0, 0.05) is 23.8 Å². The van der Waals surface area contributed by atoms with Crippen molar-refractivity contribution < 1.29 is 14.6 Å². The van der Waals surface area contributed by atoms with E-state index in [0.29, 0.717) is 36.0 Å². The molecule has 0 aromatic carbocycles. The normalized spacial score (nSPS) is 35.0. The molecule has 0 aliphatic heterocycles. The number of hydrogen-bond donors (Lipinski definition) is 3. The van der Waals surface area contributed by atoms with Gasteiger partial charge < -0.3 is 20.1 Å². The fourth-order valence-electron chi connectivity index (χ4n) is 5.91. The molecular formula is C20H25N3O3. The number of esters is 1. The van der Waals surface area contributed by atoms with Gasteiger partial charge in [-0.2, -0.15) is 0 Å². The summed E-state index contributed by atoms with van der Waals surface area (Å²) in [6.45, 7) is 2.15. The molecule has 6 nitrogen and oxygen atoms in total. The molecule has 6 rings (SSSR count). The molecule has 4 bridgehead atoms. The van der Waals surface area contributed by atoms with Gasteiger partial charge in [0.05, 0.1) is 17.9 Å². The number of ether oxygens (including phenoxy) is 1. The topological polar surface area (TPSA) is 87.2 Å². The molecule has 5 atom stereocenters. The SMILES string of the molecule is CCOC(=O)c1cnc2[nH]ccc2c1N[C@@H]1[C@@H]2C[C@@H]3C[C@H]1C[C@@](O)(C3)C2. The molecular weight excluding hydrogens is 330 g/mol. The van der Waals surface area contributed by atoms with Crippen molar-refractivity contribution in [1.29, 1.82) is 0 Å². The van der Waals surface area contributed by atoms with E-state index in [-0.39, 0.29) is 5.97 Å². The largest absolute Gasteiger partial charge is 0.462 e. The van der Waals surface area contributed by atoms with Crippen molar-refractivity contribution in [2.75, 3.05) is 11.9 Å². The van der Waals surface area contributed by atoms with Gasteiger partial charge >= 0.3 is 5.97 Å². The van der Waals surface area contributed by atoms with Crippen LogP contribution in [-0.4, -0.2) is 39.3 Å². The predicted octanol–water partition coefficient (Wildman–Crippen LogP) is 3.09. The zero-order valence-corrected chi connectivity index (χ0v) is 15.0. The fraction of sp³-hybridized carbons (Fsp3) is 0.600. The minimum Gasteiger partial charge on any atom is -0.462 e. The number of aromatic nitrogens is 2. The summed E-state index contributed by atoms with van der Waals surface area (Å²) in [5.41, 5.74) is 1.62. The summed E-state index contributed by atoms with van der Waals surface area (Å²) in [5, 5.41) is 15.4. The van der Waals surface area contributed by atoms with Gasteiger partial charge in [-0.25, -0.2) is 9.78 Å². The molecule has 4 aliphatic rings. The Labute approximate surface area is 152 Å². The molecule has 4 aliphatic carbocycles. The summed E-state index contributed by atoms with van der Waals surface area (Å²) in [6, 6.07) is 2.25. The van der Waals surface area contributed by atoms with Crippen LogP contribution in [0, 0.1) is 17.8 Å². The third kappa shape index (κ3) is 2.42. The van der Waals surface area contributed by atoms with Crippen molar-refractivity contribution in [2.24, 2.45) is 17.8 Å². The molecule has 0 unspecified atom stereocenters. The molecule has 0 radical (unpaired) electrons. The molecule has 2 aromatic heterocycles. The minimum atomic E-state index is -0.458. The van der Waals surface area contributed by atoms with Crippen LogP contribution in [0.1, 0.15) is 49.4 Å². The van der Waals surface area contributed by atoms with Crippen LogP contribution in [0.2, 0.25) is 0 Å². The second-order valence-corrected chi connectivity index (χ2v) is 8.37. The summed E-state index contributed by atoms with van der Waals surface area (Å²) in [7, 11) is 0. The lowest BCUT2D eigenvalue weighted by atomic mass is 9.52. The monoisotopic (exact) mass is 355 g/mol. The molecule has 3 N–H and O–H groups in total. The van der Waals surface area contributed by atoms with Crippen LogP contribution in [-0.2, 0) is 4.74 Å². The number of aliphatic hydroxyl groups is 1. The fourth-order valence-corrected chi connectivity index (χ4v) is 5.91. The summed E-state index contributed by atoms with van der Waals surface area (Å²) in [5.74, 6) is 1.24. The number of nitrogens with zero attached hydrogens (tertiary/aromatic N) is 1. The van der Waals surface area contributed by atoms with Crippen molar-refractivity contribution in [3.63, 3.8) is 0 Å². The van der Waals surface area contributed by atoms with Gasteiger partial charge in [0.1, 0.15) is 11.2 Å². The first kappa shape index (κ1) is 16.1. The smallest absolute Gasteiger partial charge is 0.341 e. The van der Waals surface area contributed by atoms with Crippen LogP contribution in [0.3, 0.4) is 0 Å². The molecule has 4 fully saturated rings. The molecule has 0 spiro atoms. The first-order chi connectivity index (χ1) is 12.6. The molecule has 6 heteroatoms. The Morgan fingerprint density at radius 2 is 2.15 bits per heavy atom. The van der Waals surface area contributed by atoms with Gasteiger partial charge in [-0.3, -0.25) is 0 Å². The predicted molar refractivity (Wildman–Crippen MR) is 98.0 cm³/mol. The lowest BCUT2D eigenvalue weighted by Crippen LogP contribution is -2.59. The zero-order valence-electron chi connectivity index (χ0n) is 15.0. The van der Waals surface area contributed by atoms with E-state index in [0.717, 1.165) is 36.0 Å². The Bertz CT molecular complexity index is 845. The van der Waals surface area contributed by atoms with E-state index in [1.54, 1.807) is 6.20 Å². The number of rotatable bonds is 4. The van der Waals surface area contributed by atoms with Crippen LogP contribution in [0.25, 0.3) is 11.0 Å². The van der Waals surface area contributed by atoms with E-state index >= 15 is 0 Å². The summed E-state index contributed by atoms with van der Waals surface area (Å²) in [6.07, 6.45) is 8.50. The lowest BCUT2D eigenvalue weighted by Gasteiger charge is -2.58. The van der Waals surface area contributed by atoms with E-state index in [1.807, 2.05) is 19.2 Å². The van der Waals surface area contributed by atoms with E-state index in [1.165, 1.54) is 12.8 Å². The van der Waals surface area contributed by atoms with Crippen molar-refractivity contribution in [3.8, 4) is 0 Å². The molecule has 2 aromatic rings. The molecule has 0 amide bonds. The minimum absolute atomic E-state index is 0.292. The Hall–Kier alpha value is -2.08. The van der Waals surface area contributed by atoms with Crippen molar-refractivity contribution in [1.82, 2.24) is 9.97 Å². The number of anilines is 1. The highest BCUT2D eigenvalue weighted by atomic mass is 16.5. The third-order valence-corrected chi connectivity index (χ3v) is 6.63. The summed E-state index contributed by atoms with van der Waals surface area (Å²) in [4.78, 5) is 20.0. The number of pyridine rings is 1. The van der Waals surface area contributed by atoms with Crippen molar-refractivity contribution in [3.05, 3.63) is 24.0 Å². The quantitative estimate of drug-likeness (QED) is 0.734. The first-order valence-electron chi connectivity index (χ1n) is 9.68. The van der Waals surface area contributed by atoms with Crippen LogP contribution in [0.15, 0.2) is 18.5 Å². The molecule has 26 heavy (non-hydrogen) atoms. The summed E-state index contributed by atoms with van der Waals surface area (Å²) < 4.78 is 5.25. The number of fused-ring (bicyclic) bond motifs is 1. The molecule has 2 heterocycles. The number of nitrogens with one attached hydrogen (secondary N) is 2. The average molecular weight is 355 g/mol. The Morgan fingerprint density at radius 3 is 2.85 bits per heavy atom. The maximum atomic E-state index is 12.5. The second-order valence-electron chi connectivity index (χ2n) is 8.37. The Balaban J connectivity index is 1.52. The summed E-state index contributed by atoms with van der Waals surface area (Å²) >= 11 is 0. The first-order valence-corrected chi connectivity index (χ1v) is 9.68. The van der Waals surface area contributed by atoms with Gasteiger partial charge in [0.25, 0.3) is 0 Å². The highest BCUT2D eigenvalue weighted by Crippen LogP contribution is 2.56. The van der Waals surface area contributed by atoms with Crippen molar-refractivity contribution in [2.45, 2.75) is 50.7 Å². The van der Waals surface area contributed by atoms with E-state index in [9.17, 15) is 9.90 Å². The highest BCUT2D eigenvalue weighted by Gasteiger charge is 2.54. The van der Waals surface area contributed by atoms with Crippen LogP contribution in [0.4, 0.5) is 5.69 Å². The van der Waals surface area contributed by atoms with Crippen LogP contribution in [0.5, 0.6) is 0 Å². The zero-order chi connectivity index (χ0) is 17.9. The second kappa shape index (κ2) is 5.71. The standard InChI is InChI=1S/C20H25N3O3/c1-2-26-19(24)15-10-22-18-14(3-4-21-18)17(15)23-16-12-5-11-6-13(16)9-20(25,7-11)8-12/h3-4,10-13,16,25H,2,5-9H2,1H3,(H2,21,22,23)/t11-,12-,13+,16-,20-. The van der Waals surface area contributed by atoms with Gasteiger partial charge in [0.2, 0.25) is 0 Å². The number of H-pyrrole nitrogens is 1. The van der Waals surface area contributed by atoms with Gasteiger partial charge in [-0.1, -0.05) is 0 Å². The van der Waals surface area contributed by atoms with E-state index in [2.05, 4.69) is 15.3 Å². The number of aromatic amines is 1. The molecule has 0 saturated heterocycles. The number of carbonyl (C=O) groups is 1. The van der Waals surface area contributed by atoms with Gasteiger partial charge in [-0.05, 0) is 62.8 Å². The average Bonchev–Trinajstić information content (AvgIpc) is 3.05. The highest BCUT2D eigenvalue weighted by molar-refractivity contribution is 6.04. The lowest BCUT2D eigenvalue weighted by molar-refractivity contribution is -0.129. The maximum Gasteiger partial charge on any atom is 0.341 e. The van der Waals surface area contributed by atoms with Gasteiger partial charge in [0.15, 0.2) is 0 Å². The van der Waals surface area contributed by atoms with E-state index < -0.39 is 5.60 Å². The van der Waals surface area contributed by atoms with Gasteiger partial charge in [-0.15, -0.1) is 0 Å². The Kier molecular flexibility index (Phi) is 3.54. The molecule has 138 valence electrons. The van der Waals surface area contributed by atoms with Crippen LogP contribution >= 0.6 is 0 Å². The van der Waals surface area contributed by atoms with Crippen molar-refractivity contribution >= 4 is 22.7 Å². The molecule has 4 saturated carbocycles. The Morgan fingerprint density at radius 1 is 1.38 bits per heavy atom. The van der Waals surface area contributed by atoms with Crippen LogP contribution < -0.4 is 5.32 Å². The van der Waals surface area contributed by atoms with E-state index in [4.69, 9.17) is 4.74 Å².